The van der Waals surface area contributed by atoms with Crippen LogP contribution in [-0.4, -0.2) is 95.9 Å². The number of esters is 3. The molecule has 0 aliphatic carbocycles. The number of phosphoric acid groups is 2. The first-order chi connectivity index (χ1) is 43.2. The van der Waals surface area contributed by atoms with Gasteiger partial charge in [0.2, 0.25) is 0 Å². The smallest absolute Gasteiger partial charge is 0.463 e. The molecule has 0 fully saturated rings. The van der Waals surface area contributed by atoms with E-state index >= 15 is 0 Å². The van der Waals surface area contributed by atoms with Crippen LogP contribution >= 0.6 is 15.6 Å². The molecule has 0 aliphatic heterocycles. The van der Waals surface area contributed by atoms with E-state index in [1.54, 1.807) is 0 Å². The summed E-state index contributed by atoms with van der Waals surface area (Å²) >= 11 is 0. The molecule has 0 spiro atoms. The van der Waals surface area contributed by atoms with Gasteiger partial charge in [-0.15, -0.1) is 0 Å². The third kappa shape index (κ3) is 64.5. The Bertz CT molecular complexity index is 2250. The van der Waals surface area contributed by atoms with Crippen molar-refractivity contribution >= 4 is 33.6 Å². The SMILES string of the molecule is CC/C=C\C/C=C\C/C=C\C/C=C\C/C=C\C/C=C\CCC(=O)OCC(O)COP(=O)(O)OCC(O)COP(=O)(O)OCC(COC(=O)CCCCC/C=C\C/C=C\C/C=C\C/C=C\C/C=C\CC)OC(=O)CCCCCCC/C=C\C/C=C\CCCCC. The quantitative estimate of drug-likeness (QED) is 0.0146. The van der Waals surface area contributed by atoms with E-state index in [1.807, 2.05) is 18.2 Å². The van der Waals surface area contributed by atoms with Crippen molar-refractivity contribution in [2.75, 3.05) is 39.6 Å². The van der Waals surface area contributed by atoms with Crippen molar-refractivity contribution < 1.29 is 75.8 Å². The number of allylic oxidation sites excluding steroid dienone is 26. The van der Waals surface area contributed by atoms with Crippen molar-refractivity contribution in [1.29, 1.82) is 0 Å². The van der Waals surface area contributed by atoms with Crippen molar-refractivity contribution in [3.8, 4) is 0 Å². The van der Waals surface area contributed by atoms with Gasteiger partial charge < -0.3 is 34.2 Å². The Morgan fingerprint density at radius 1 is 0.326 bits per heavy atom. The highest BCUT2D eigenvalue weighted by Gasteiger charge is 2.29. The molecule has 0 amide bonds. The van der Waals surface area contributed by atoms with Crippen LogP contribution in [-0.2, 0) is 55.8 Å². The average Bonchev–Trinajstić information content (AvgIpc) is 3.54. The predicted molar refractivity (Wildman–Crippen MR) is 362 cm³/mol. The van der Waals surface area contributed by atoms with E-state index in [-0.39, 0.29) is 19.3 Å². The molecule has 504 valence electrons. The minimum absolute atomic E-state index is 0.0540. The number of carbonyl (C=O) groups excluding carboxylic acids is 3. The molecular formula is C71H114O16P2. The topological polar surface area (TPSA) is 231 Å². The maximum absolute atomic E-state index is 12.9. The molecule has 0 aliphatic rings. The third-order valence-corrected chi connectivity index (χ3v) is 14.6. The molecule has 0 aromatic heterocycles. The summed E-state index contributed by atoms with van der Waals surface area (Å²) in [5.41, 5.74) is 0. The molecule has 16 nitrogen and oxygen atoms in total. The van der Waals surface area contributed by atoms with Gasteiger partial charge in [-0.05, 0) is 135 Å². The number of hydrogen-bond acceptors (Lipinski definition) is 14. The zero-order chi connectivity index (χ0) is 65.3. The highest BCUT2D eigenvalue weighted by Crippen LogP contribution is 2.45. The molecule has 5 atom stereocenters. The van der Waals surface area contributed by atoms with Crippen LogP contribution in [0, 0.1) is 0 Å². The van der Waals surface area contributed by atoms with Crippen LogP contribution < -0.4 is 0 Å². The number of phosphoric ester groups is 2. The summed E-state index contributed by atoms with van der Waals surface area (Å²) in [4.78, 5) is 58.3. The summed E-state index contributed by atoms with van der Waals surface area (Å²) in [5.74, 6) is -1.73. The first-order valence-corrected chi connectivity index (χ1v) is 35.8. The fourth-order valence-electron chi connectivity index (χ4n) is 7.77. The second-order valence-electron chi connectivity index (χ2n) is 21.1. The fourth-order valence-corrected chi connectivity index (χ4v) is 9.35. The molecule has 4 N–H and O–H groups in total. The first-order valence-electron chi connectivity index (χ1n) is 32.8. The van der Waals surface area contributed by atoms with Crippen LogP contribution in [0.5, 0.6) is 0 Å². The number of rotatable bonds is 60. The molecule has 0 radical (unpaired) electrons. The minimum Gasteiger partial charge on any atom is -0.463 e. The van der Waals surface area contributed by atoms with E-state index in [4.69, 9.17) is 32.3 Å². The molecule has 0 bridgehead atoms. The lowest BCUT2D eigenvalue weighted by Crippen LogP contribution is -2.30. The Balaban J connectivity index is 4.82. The van der Waals surface area contributed by atoms with E-state index in [1.165, 1.54) is 19.3 Å². The van der Waals surface area contributed by atoms with E-state index in [0.717, 1.165) is 128 Å². The Morgan fingerprint density at radius 3 is 1.02 bits per heavy atom. The van der Waals surface area contributed by atoms with Gasteiger partial charge in [-0.2, -0.15) is 0 Å². The Hall–Kier alpha value is -4.83. The van der Waals surface area contributed by atoms with Gasteiger partial charge in [0.1, 0.15) is 25.4 Å². The first kappa shape index (κ1) is 84.2. The number of ether oxygens (including phenoxy) is 3. The second kappa shape index (κ2) is 63.3. The lowest BCUT2D eigenvalue weighted by Gasteiger charge is -2.21. The van der Waals surface area contributed by atoms with Gasteiger partial charge in [0.05, 0.1) is 26.4 Å². The number of unbranched alkanes of at least 4 members (excludes halogenated alkanes) is 11. The molecule has 0 aromatic rings. The Morgan fingerprint density at radius 2 is 0.618 bits per heavy atom. The lowest BCUT2D eigenvalue weighted by atomic mass is 10.1. The van der Waals surface area contributed by atoms with Crippen LogP contribution in [0.15, 0.2) is 158 Å². The molecule has 0 heterocycles. The van der Waals surface area contributed by atoms with Crippen molar-refractivity contribution in [1.82, 2.24) is 0 Å². The largest absolute Gasteiger partial charge is 0.472 e. The van der Waals surface area contributed by atoms with Gasteiger partial charge in [0.15, 0.2) is 6.10 Å². The molecule has 0 saturated carbocycles. The van der Waals surface area contributed by atoms with Gasteiger partial charge in [-0.25, -0.2) is 9.13 Å². The van der Waals surface area contributed by atoms with Gasteiger partial charge in [0, 0.05) is 19.3 Å². The molecule has 5 unspecified atom stereocenters. The average molecular weight is 1290 g/mol. The van der Waals surface area contributed by atoms with Gasteiger partial charge in [0.25, 0.3) is 0 Å². The molecule has 0 rings (SSSR count). The predicted octanol–water partition coefficient (Wildman–Crippen LogP) is 18.0. The summed E-state index contributed by atoms with van der Waals surface area (Å²) in [6.07, 6.45) is 76.0. The summed E-state index contributed by atoms with van der Waals surface area (Å²) in [6, 6.07) is 0. The molecule has 0 saturated heterocycles. The maximum Gasteiger partial charge on any atom is 0.472 e. The van der Waals surface area contributed by atoms with E-state index in [9.17, 15) is 43.5 Å². The molecule has 89 heavy (non-hydrogen) atoms. The summed E-state index contributed by atoms with van der Waals surface area (Å²) in [5, 5.41) is 20.5. The third-order valence-electron chi connectivity index (χ3n) is 12.7. The van der Waals surface area contributed by atoms with Gasteiger partial charge in [-0.1, -0.05) is 217 Å². The van der Waals surface area contributed by atoms with Gasteiger partial charge >= 0.3 is 33.6 Å². The molecule has 0 aromatic carbocycles. The fraction of sp³-hybridized carbons (Fsp3) is 0.592. The number of carbonyl (C=O) groups is 3. The summed E-state index contributed by atoms with van der Waals surface area (Å²) < 4.78 is 60.7. The number of hydrogen-bond donors (Lipinski definition) is 4. The highest BCUT2D eigenvalue weighted by atomic mass is 31.2. The van der Waals surface area contributed by atoms with Crippen molar-refractivity contribution in [2.24, 2.45) is 0 Å². The van der Waals surface area contributed by atoms with Crippen LogP contribution in [0.25, 0.3) is 0 Å². The lowest BCUT2D eigenvalue weighted by molar-refractivity contribution is -0.161. The van der Waals surface area contributed by atoms with E-state index in [2.05, 4.69) is 161 Å². The van der Waals surface area contributed by atoms with Crippen LogP contribution in [0.1, 0.15) is 213 Å². The van der Waals surface area contributed by atoms with Crippen LogP contribution in [0.4, 0.5) is 0 Å². The molecular weight excluding hydrogens is 1170 g/mol. The van der Waals surface area contributed by atoms with Crippen molar-refractivity contribution in [3.63, 3.8) is 0 Å². The van der Waals surface area contributed by atoms with Crippen LogP contribution in [0.2, 0.25) is 0 Å². The zero-order valence-electron chi connectivity index (χ0n) is 54.3. The normalized spacial score (nSPS) is 15.3. The van der Waals surface area contributed by atoms with E-state index < -0.39 is 91.5 Å². The number of aliphatic hydroxyl groups excluding tert-OH is 2. The Kier molecular flexibility index (Phi) is 59.9. The minimum atomic E-state index is -4.95. The second-order valence-corrected chi connectivity index (χ2v) is 24.1. The molecule has 18 heteroatoms. The number of aliphatic hydroxyl groups is 2. The summed E-state index contributed by atoms with van der Waals surface area (Å²) in [6.45, 7) is 2.22. The van der Waals surface area contributed by atoms with Gasteiger partial charge in [-0.3, -0.25) is 32.5 Å². The monoisotopic (exact) mass is 1280 g/mol. The van der Waals surface area contributed by atoms with Crippen molar-refractivity contribution in [2.45, 2.75) is 232 Å². The van der Waals surface area contributed by atoms with Crippen molar-refractivity contribution in [3.05, 3.63) is 158 Å². The maximum atomic E-state index is 12.9. The zero-order valence-corrected chi connectivity index (χ0v) is 56.1. The highest BCUT2D eigenvalue weighted by molar-refractivity contribution is 7.47. The Labute approximate surface area is 536 Å². The van der Waals surface area contributed by atoms with Crippen LogP contribution in [0.3, 0.4) is 0 Å². The standard InChI is InChI=1S/C71H114O16P2/c1-4-7-10-13-16-19-22-25-28-30-32-34-37-39-42-45-48-51-54-57-69(74)81-60-66(72)61-83-88(77,78)84-62-67(73)63-85-89(79,80)86-65-68(87-71(76)59-56-53-50-47-44-41-36-27-24-21-18-15-12-9-6-3)64-82-70(75)58-55-52-49-46-43-40-38-35-33-31-29-26-23-20-17-14-11-8-5-2/h7-8,10-11,16-21,25-29,32-36,39-40,42-43,48,51,66-68,72-73H,4-6,9,12-15,22-24,30-31,37-38,41,44-47,49-50,52-65H2,1-3H3,(H,77,78)(H,79,80)/b10-7-,11-8-,19-16-,20-17-,21-18-,28-25-,29-26-,34-32-,35-33-,36-27-,42-39-,43-40-,51-48-. The summed E-state index contributed by atoms with van der Waals surface area (Å²) in [7, 11) is -9.82. The van der Waals surface area contributed by atoms with E-state index in [0.29, 0.717) is 25.7 Å².